The number of amides is 1. The van der Waals surface area contributed by atoms with Crippen LogP contribution in [0.2, 0.25) is 0 Å². The Kier molecular flexibility index (Phi) is 6.65. The molecule has 170 valence electrons. The van der Waals surface area contributed by atoms with Crippen molar-refractivity contribution in [2.45, 2.75) is 6.54 Å². The van der Waals surface area contributed by atoms with Crippen molar-refractivity contribution in [3.8, 4) is 11.5 Å². The number of aromatic nitrogens is 2. The van der Waals surface area contributed by atoms with Crippen molar-refractivity contribution in [2.75, 3.05) is 27.2 Å². The Morgan fingerprint density at radius 3 is 2.58 bits per heavy atom. The van der Waals surface area contributed by atoms with Gasteiger partial charge in [0.15, 0.2) is 11.6 Å². The van der Waals surface area contributed by atoms with Crippen LogP contribution < -0.4 is 10.1 Å². The molecule has 0 aliphatic heterocycles. The molecule has 4 rings (SSSR count). The van der Waals surface area contributed by atoms with E-state index in [9.17, 15) is 13.6 Å². The van der Waals surface area contributed by atoms with Gasteiger partial charge in [-0.3, -0.25) is 9.48 Å². The Hall–Kier alpha value is -3.78. The van der Waals surface area contributed by atoms with Crippen molar-refractivity contribution in [3.05, 3.63) is 89.6 Å². The molecule has 0 radical (unpaired) electrons. The van der Waals surface area contributed by atoms with E-state index in [0.29, 0.717) is 25.2 Å². The van der Waals surface area contributed by atoms with E-state index in [2.05, 4.69) is 10.4 Å². The van der Waals surface area contributed by atoms with Crippen LogP contribution in [-0.2, 0) is 6.54 Å². The predicted octanol–water partition coefficient (Wildman–Crippen LogP) is 4.45. The number of benzene rings is 3. The van der Waals surface area contributed by atoms with Gasteiger partial charge in [0.1, 0.15) is 11.6 Å². The lowest BCUT2D eigenvalue weighted by molar-refractivity contribution is 0.0948. The average molecular weight is 450 g/mol. The maximum absolute atomic E-state index is 14.2. The van der Waals surface area contributed by atoms with Gasteiger partial charge in [-0.05, 0) is 43.9 Å². The first-order valence-corrected chi connectivity index (χ1v) is 10.5. The third kappa shape index (κ3) is 5.53. The summed E-state index contributed by atoms with van der Waals surface area (Å²) in [5.41, 5.74) is 1.90. The van der Waals surface area contributed by atoms with Gasteiger partial charge in [0.2, 0.25) is 0 Å². The van der Waals surface area contributed by atoms with Crippen LogP contribution in [-0.4, -0.2) is 47.8 Å². The minimum Gasteiger partial charge on any atom is -0.453 e. The lowest BCUT2D eigenvalue weighted by Crippen LogP contribution is -2.31. The Balaban J connectivity index is 1.69. The fraction of sp³-hybridized carbons (Fsp3) is 0.200. The second-order valence-electron chi connectivity index (χ2n) is 7.96. The molecule has 1 N–H and O–H groups in total. The van der Waals surface area contributed by atoms with E-state index in [1.54, 1.807) is 16.8 Å². The zero-order valence-electron chi connectivity index (χ0n) is 18.4. The molecule has 0 aliphatic rings. The molecule has 0 fully saturated rings. The second-order valence-corrected chi connectivity index (χ2v) is 7.96. The summed E-state index contributed by atoms with van der Waals surface area (Å²) < 4.78 is 35.1. The largest absolute Gasteiger partial charge is 0.453 e. The van der Waals surface area contributed by atoms with Gasteiger partial charge in [-0.25, -0.2) is 8.78 Å². The van der Waals surface area contributed by atoms with Gasteiger partial charge >= 0.3 is 0 Å². The van der Waals surface area contributed by atoms with Gasteiger partial charge in [0, 0.05) is 30.7 Å². The lowest BCUT2D eigenvalue weighted by atomic mass is 10.1. The molecule has 1 aromatic heterocycles. The van der Waals surface area contributed by atoms with Crippen LogP contribution in [0.25, 0.3) is 10.9 Å². The molecular formula is C25H24F2N4O2. The fourth-order valence-corrected chi connectivity index (χ4v) is 3.38. The normalized spacial score (nSPS) is 11.2. The smallest absolute Gasteiger partial charge is 0.255 e. The Morgan fingerprint density at radius 2 is 1.85 bits per heavy atom. The van der Waals surface area contributed by atoms with Gasteiger partial charge in [-0.2, -0.15) is 5.10 Å². The van der Waals surface area contributed by atoms with Crippen molar-refractivity contribution in [1.29, 1.82) is 0 Å². The summed E-state index contributed by atoms with van der Waals surface area (Å²) in [5.74, 6) is -1.94. The van der Waals surface area contributed by atoms with Crippen LogP contribution in [0.15, 0.2) is 66.9 Å². The van der Waals surface area contributed by atoms with Crippen LogP contribution in [0.3, 0.4) is 0 Å². The molecule has 4 aromatic rings. The number of carbonyl (C=O) groups is 1. The third-order valence-corrected chi connectivity index (χ3v) is 5.04. The molecule has 3 aromatic carbocycles. The monoisotopic (exact) mass is 450 g/mol. The molecule has 8 heteroatoms. The van der Waals surface area contributed by atoms with E-state index in [4.69, 9.17) is 4.74 Å². The van der Waals surface area contributed by atoms with Crippen LogP contribution in [0.1, 0.15) is 15.9 Å². The second kappa shape index (κ2) is 9.79. The number of carbonyl (C=O) groups excluding carboxylic acids is 1. The highest BCUT2D eigenvalue weighted by Gasteiger charge is 2.18. The zero-order chi connectivity index (χ0) is 23.4. The molecule has 6 nitrogen and oxygen atoms in total. The topological polar surface area (TPSA) is 59.4 Å². The van der Waals surface area contributed by atoms with E-state index in [1.165, 1.54) is 6.07 Å². The molecule has 1 heterocycles. The summed E-state index contributed by atoms with van der Waals surface area (Å²) in [5, 5.41) is 8.16. The first-order chi connectivity index (χ1) is 15.9. The van der Waals surface area contributed by atoms with Gasteiger partial charge < -0.3 is 15.0 Å². The van der Waals surface area contributed by atoms with Gasteiger partial charge in [0.05, 0.1) is 17.6 Å². The minimum absolute atomic E-state index is 0.162. The fourth-order valence-electron chi connectivity index (χ4n) is 3.38. The minimum atomic E-state index is -0.853. The molecule has 0 unspecified atom stereocenters. The molecule has 0 atom stereocenters. The number of nitrogens with zero attached hydrogens (tertiary/aromatic N) is 3. The third-order valence-electron chi connectivity index (χ3n) is 5.04. The summed E-state index contributed by atoms with van der Waals surface area (Å²) in [6.45, 7) is 1.64. The number of ether oxygens (including phenoxy) is 1. The van der Waals surface area contributed by atoms with E-state index in [1.807, 2.05) is 55.5 Å². The first kappa shape index (κ1) is 22.4. The molecule has 33 heavy (non-hydrogen) atoms. The predicted molar refractivity (Wildman–Crippen MR) is 123 cm³/mol. The van der Waals surface area contributed by atoms with Crippen molar-refractivity contribution in [1.82, 2.24) is 20.0 Å². The van der Waals surface area contributed by atoms with Crippen molar-refractivity contribution in [2.24, 2.45) is 0 Å². The maximum Gasteiger partial charge on any atom is 0.255 e. The summed E-state index contributed by atoms with van der Waals surface area (Å²) in [4.78, 5) is 14.9. The van der Waals surface area contributed by atoms with Crippen molar-refractivity contribution >= 4 is 16.8 Å². The first-order valence-electron chi connectivity index (χ1n) is 10.5. The van der Waals surface area contributed by atoms with Gasteiger partial charge in [-0.1, -0.05) is 30.3 Å². The molecule has 0 saturated carbocycles. The van der Waals surface area contributed by atoms with Crippen LogP contribution in [0, 0.1) is 11.6 Å². The highest BCUT2D eigenvalue weighted by atomic mass is 19.1. The quantitative estimate of drug-likeness (QED) is 0.431. The number of halogens is 2. The SMILES string of the molecule is CN(C)CCNC(=O)c1cc2nn(Cc3ccccc3)cc2cc1Oc1ccc(F)cc1F. The number of hydrogen-bond acceptors (Lipinski definition) is 4. The van der Waals surface area contributed by atoms with Gasteiger partial charge in [-0.15, -0.1) is 0 Å². The highest BCUT2D eigenvalue weighted by Crippen LogP contribution is 2.31. The number of fused-ring (bicyclic) bond motifs is 1. The van der Waals surface area contributed by atoms with E-state index >= 15 is 0 Å². The maximum atomic E-state index is 14.2. The van der Waals surface area contributed by atoms with Gasteiger partial charge in [0.25, 0.3) is 5.91 Å². The average Bonchev–Trinajstić information content (AvgIpc) is 3.16. The molecule has 0 aliphatic carbocycles. The number of rotatable bonds is 8. The molecule has 1 amide bonds. The van der Waals surface area contributed by atoms with Crippen molar-refractivity contribution < 1.29 is 18.3 Å². The number of hydrogen-bond donors (Lipinski definition) is 1. The van der Waals surface area contributed by atoms with Crippen LogP contribution in [0.4, 0.5) is 8.78 Å². The summed E-state index contributed by atoms with van der Waals surface area (Å²) in [6, 6.07) is 16.2. The standard InChI is InChI=1S/C25H24F2N4O2/c1-30(2)11-10-28-25(32)20-14-22-18(16-31(29-22)15-17-6-4-3-5-7-17)12-24(20)33-23-9-8-19(26)13-21(23)27/h3-9,12-14,16H,10-11,15H2,1-2H3,(H,28,32). The van der Waals surface area contributed by atoms with Crippen LogP contribution in [0.5, 0.6) is 11.5 Å². The number of likely N-dealkylation sites (N-methyl/N-ethyl adjacent to an activating group) is 1. The molecule has 0 bridgehead atoms. The molecule has 0 saturated heterocycles. The highest BCUT2D eigenvalue weighted by molar-refractivity contribution is 6.01. The van der Waals surface area contributed by atoms with Crippen LogP contribution >= 0.6 is 0 Å². The van der Waals surface area contributed by atoms with Crippen molar-refractivity contribution in [3.63, 3.8) is 0 Å². The Labute approximate surface area is 190 Å². The van der Waals surface area contributed by atoms with E-state index < -0.39 is 11.6 Å². The zero-order valence-corrected chi connectivity index (χ0v) is 18.4. The summed E-state index contributed by atoms with van der Waals surface area (Å²) in [6.07, 6.45) is 1.84. The molecule has 0 spiro atoms. The lowest BCUT2D eigenvalue weighted by Gasteiger charge is -2.14. The summed E-state index contributed by atoms with van der Waals surface area (Å²) >= 11 is 0. The van der Waals surface area contributed by atoms with E-state index in [0.717, 1.165) is 23.1 Å². The number of nitrogens with one attached hydrogen (secondary N) is 1. The Bertz CT molecular complexity index is 1270. The summed E-state index contributed by atoms with van der Waals surface area (Å²) in [7, 11) is 3.81. The molecular weight excluding hydrogens is 426 g/mol. The van der Waals surface area contributed by atoms with E-state index in [-0.39, 0.29) is 23.0 Å². The Morgan fingerprint density at radius 1 is 1.06 bits per heavy atom.